The fourth-order valence-corrected chi connectivity index (χ4v) is 0.750. The topological polar surface area (TPSA) is 26.0 Å². The van der Waals surface area contributed by atoms with E-state index in [0.717, 1.165) is 19.3 Å². The lowest BCUT2D eigenvalue weighted by Crippen LogP contribution is -2.37. The molecule has 0 spiro atoms. The highest BCUT2D eigenvalue weighted by Gasteiger charge is 2.15. The van der Waals surface area contributed by atoms with E-state index in [0.29, 0.717) is 0 Å². The zero-order valence-electron chi connectivity index (χ0n) is 6.61. The molecule has 0 amide bonds. The van der Waals surface area contributed by atoms with Gasteiger partial charge in [-0.1, -0.05) is 20.8 Å². The van der Waals surface area contributed by atoms with Gasteiger partial charge in [0, 0.05) is 6.97 Å². The van der Waals surface area contributed by atoms with Gasteiger partial charge >= 0.3 is 0 Å². The van der Waals surface area contributed by atoms with Crippen LogP contribution in [-0.2, 0) is 0 Å². The van der Waals surface area contributed by atoms with Crippen LogP contribution in [0.5, 0.6) is 0 Å². The van der Waals surface area contributed by atoms with Gasteiger partial charge in [-0.2, -0.15) is 0 Å². The van der Waals surface area contributed by atoms with Crippen LogP contribution < -0.4 is 5.73 Å². The van der Waals surface area contributed by atoms with Gasteiger partial charge in [0.25, 0.3) is 0 Å². The van der Waals surface area contributed by atoms with Crippen molar-refractivity contribution in [3.63, 3.8) is 0 Å². The second kappa shape index (κ2) is 5.47. The molecule has 0 aliphatic carbocycles. The van der Waals surface area contributed by atoms with Gasteiger partial charge in [-0.3, -0.25) is 0 Å². The van der Waals surface area contributed by atoms with E-state index < -0.39 is 0 Å². The SMILES string of the molecule is CCC(N)(CC)CC.I.[HH]. The summed E-state index contributed by atoms with van der Waals surface area (Å²) in [4.78, 5) is 0. The molecule has 0 aliphatic rings. The van der Waals surface area contributed by atoms with Crippen LogP contribution in [0, 0.1) is 0 Å². The molecule has 0 unspecified atom stereocenters. The van der Waals surface area contributed by atoms with Gasteiger partial charge < -0.3 is 5.73 Å². The second-order valence-electron chi connectivity index (χ2n) is 2.42. The van der Waals surface area contributed by atoms with E-state index in [4.69, 9.17) is 5.73 Å². The Hall–Kier alpha value is 0.690. The summed E-state index contributed by atoms with van der Waals surface area (Å²) in [6, 6.07) is 0. The number of hydrogen-bond donors (Lipinski definition) is 1. The van der Waals surface area contributed by atoms with Crippen LogP contribution in [0.25, 0.3) is 0 Å². The number of rotatable bonds is 3. The van der Waals surface area contributed by atoms with Crippen LogP contribution in [0.3, 0.4) is 0 Å². The van der Waals surface area contributed by atoms with E-state index in [2.05, 4.69) is 20.8 Å². The fraction of sp³-hybridized carbons (Fsp3) is 1.00. The predicted octanol–water partition coefficient (Wildman–Crippen LogP) is 2.78. The lowest BCUT2D eigenvalue weighted by molar-refractivity contribution is 0.383. The highest BCUT2D eigenvalue weighted by atomic mass is 127. The van der Waals surface area contributed by atoms with E-state index in [1.807, 2.05) is 0 Å². The molecule has 9 heavy (non-hydrogen) atoms. The number of nitrogens with two attached hydrogens (primary N) is 1. The standard InChI is InChI=1S/C7H17N.HI.H2/c1-4-7(8,5-2)6-3;;/h4-6,8H2,1-3H3;2*1H. The Kier molecular flexibility index (Phi) is 7.52. The smallest absolute Gasteiger partial charge is 0.0146 e. The lowest BCUT2D eigenvalue weighted by Gasteiger charge is -2.23. The largest absolute Gasteiger partial charge is 0.325 e. The van der Waals surface area contributed by atoms with Crippen molar-refractivity contribution in [2.24, 2.45) is 5.73 Å². The summed E-state index contributed by atoms with van der Waals surface area (Å²) >= 11 is 0. The van der Waals surface area contributed by atoms with Gasteiger partial charge in [0.1, 0.15) is 0 Å². The summed E-state index contributed by atoms with van der Waals surface area (Å²) in [6.45, 7) is 6.44. The Morgan fingerprint density at radius 3 is 1.33 bits per heavy atom. The van der Waals surface area contributed by atoms with Gasteiger partial charge in [-0.05, 0) is 19.3 Å². The van der Waals surface area contributed by atoms with Crippen LogP contribution >= 0.6 is 24.0 Å². The third-order valence-electron chi connectivity index (χ3n) is 2.11. The molecule has 0 saturated carbocycles. The molecule has 0 saturated heterocycles. The maximum absolute atomic E-state index is 5.90. The fourth-order valence-electron chi connectivity index (χ4n) is 0.750. The van der Waals surface area contributed by atoms with Crippen LogP contribution in [-0.4, -0.2) is 5.54 Å². The molecule has 0 rings (SSSR count). The van der Waals surface area contributed by atoms with Crippen molar-refractivity contribution in [3.8, 4) is 0 Å². The maximum atomic E-state index is 5.90. The predicted molar refractivity (Wildman–Crippen MR) is 55.3 cm³/mol. The van der Waals surface area contributed by atoms with Gasteiger partial charge in [-0.25, -0.2) is 0 Å². The zero-order valence-corrected chi connectivity index (χ0v) is 8.94. The molecule has 0 aromatic carbocycles. The van der Waals surface area contributed by atoms with Crippen molar-refractivity contribution < 1.29 is 1.43 Å². The van der Waals surface area contributed by atoms with E-state index in [1.165, 1.54) is 0 Å². The minimum atomic E-state index is 0. The average Bonchev–Trinajstić information content (AvgIpc) is 1.87. The second-order valence-corrected chi connectivity index (χ2v) is 2.42. The first-order valence-electron chi connectivity index (χ1n) is 3.47. The average molecular weight is 245 g/mol. The highest BCUT2D eigenvalue weighted by molar-refractivity contribution is 14.0. The quantitative estimate of drug-likeness (QED) is 0.760. The molecule has 1 nitrogen and oxygen atoms in total. The van der Waals surface area contributed by atoms with Crippen molar-refractivity contribution in [1.82, 2.24) is 0 Å². The van der Waals surface area contributed by atoms with Gasteiger partial charge in [0.2, 0.25) is 0 Å². The van der Waals surface area contributed by atoms with E-state index in [9.17, 15) is 0 Å². The van der Waals surface area contributed by atoms with Crippen molar-refractivity contribution >= 4 is 24.0 Å². The first kappa shape index (κ1) is 12.4. The molecule has 0 fully saturated rings. The zero-order chi connectivity index (χ0) is 6.62. The van der Waals surface area contributed by atoms with Gasteiger partial charge in [0.05, 0.1) is 0 Å². The number of halogens is 1. The summed E-state index contributed by atoms with van der Waals surface area (Å²) in [6.07, 6.45) is 3.29. The van der Waals surface area contributed by atoms with Crippen molar-refractivity contribution in [3.05, 3.63) is 0 Å². The molecule has 0 radical (unpaired) electrons. The Morgan fingerprint density at radius 1 is 1.11 bits per heavy atom. The van der Waals surface area contributed by atoms with E-state index in [1.54, 1.807) is 0 Å². The molecular formula is C7H20IN. The first-order valence-corrected chi connectivity index (χ1v) is 3.47. The van der Waals surface area contributed by atoms with E-state index >= 15 is 0 Å². The van der Waals surface area contributed by atoms with Crippen molar-refractivity contribution in [2.75, 3.05) is 0 Å². The minimum absolute atomic E-state index is 0. The van der Waals surface area contributed by atoms with Crippen molar-refractivity contribution in [2.45, 2.75) is 45.6 Å². The summed E-state index contributed by atoms with van der Waals surface area (Å²) in [5, 5.41) is 0. The summed E-state index contributed by atoms with van der Waals surface area (Å²) < 4.78 is 0. The molecule has 0 aromatic rings. The van der Waals surface area contributed by atoms with E-state index in [-0.39, 0.29) is 30.9 Å². The molecule has 0 aliphatic heterocycles. The highest BCUT2D eigenvalue weighted by Crippen LogP contribution is 2.14. The summed E-state index contributed by atoms with van der Waals surface area (Å²) in [5.41, 5.74) is 6.02. The third-order valence-corrected chi connectivity index (χ3v) is 2.11. The van der Waals surface area contributed by atoms with Gasteiger partial charge in [0.15, 0.2) is 0 Å². The minimum Gasteiger partial charge on any atom is -0.325 e. The van der Waals surface area contributed by atoms with Crippen LogP contribution in [0.15, 0.2) is 0 Å². The summed E-state index contributed by atoms with van der Waals surface area (Å²) in [5.74, 6) is 0. The van der Waals surface area contributed by atoms with Gasteiger partial charge in [-0.15, -0.1) is 24.0 Å². The monoisotopic (exact) mass is 245 g/mol. The molecule has 0 aromatic heterocycles. The number of hydrogen-bond acceptors (Lipinski definition) is 1. The molecule has 60 valence electrons. The van der Waals surface area contributed by atoms with Crippen LogP contribution in [0.4, 0.5) is 0 Å². The third kappa shape index (κ3) is 4.14. The Balaban J connectivity index is -0.000000245. The maximum Gasteiger partial charge on any atom is 0.0146 e. The lowest BCUT2D eigenvalue weighted by atomic mass is 9.92. The molecule has 0 bridgehead atoms. The molecule has 0 atom stereocenters. The Bertz CT molecular complexity index is 56.4. The molecule has 2 heteroatoms. The molecular weight excluding hydrogens is 225 g/mol. The molecule has 2 N–H and O–H groups in total. The van der Waals surface area contributed by atoms with Crippen molar-refractivity contribution in [1.29, 1.82) is 0 Å². The Morgan fingerprint density at radius 2 is 1.33 bits per heavy atom. The molecule has 0 heterocycles. The Labute approximate surface area is 76.9 Å². The van der Waals surface area contributed by atoms with Crippen LogP contribution in [0.1, 0.15) is 41.5 Å². The van der Waals surface area contributed by atoms with Crippen LogP contribution in [0.2, 0.25) is 0 Å². The summed E-state index contributed by atoms with van der Waals surface area (Å²) in [7, 11) is 0. The first-order chi connectivity index (χ1) is 3.68. The normalized spacial score (nSPS) is 10.7.